The van der Waals surface area contributed by atoms with E-state index in [1.165, 1.54) is 0 Å². The van der Waals surface area contributed by atoms with Crippen molar-refractivity contribution in [3.63, 3.8) is 0 Å². The van der Waals surface area contributed by atoms with Crippen LogP contribution in [0.15, 0.2) is 48.5 Å². The van der Waals surface area contributed by atoms with Gasteiger partial charge >= 0.3 is 12.1 Å². The van der Waals surface area contributed by atoms with E-state index < -0.39 is 36.2 Å². The molecule has 0 bridgehead atoms. The van der Waals surface area contributed by atoms with Gasteiger partial charge in [0.25, 0.3) is 0 Å². The highest BCUT2D eigenvalue weighted by atomic mass is 16.5. The maximum absolute atomic E-state index is 12.7. The van der Waals surface area contributed by atoms with Crippen LogP contribution in [-0.2, 0) is 14.3 Å². The first-order valence-electron chi connectivity index (χ1n) is 11.0. The lowest BCUT2D eigenvalue weighted by atomic mass is 9.97. The quantitative estimate of drug-likeness (QED) is 0.462. The first-order valence-corrected chi connectivity index (χ1v) is 11.0. The first kappa shape index (κ1) is 24.3. The van der Waals surface area contributed by atoms with Crippen LogP contribution in [0.3, 0.4) is 0 Å². The Morgan fingerprint density at radius 1 is 1.06 bits per heavy atom. The molecule has 8 nitrogen and oxygen atoms in total. The molecule has 33 heavy (non-hydrogen) atoms. The fraction of sp³-hybridized carbons (Fsp3) is 0.400. The van der Waals surface area contributed by atoms with Gasteiger partial charge in [0.1, 0.15) is 12.6 Å². The smallest absolute Gasteiger partial charge is 0.407 e. The Hall–Kier alpha value is -3.39. The zero-order chi connectivity index (χ0) is 24.2. The molecule has 0 saturated heterocycles. The molecule has 2 amide bonds. The number of carboxylic acid groups (broad SMARTS) is 1. The Balaban J connectivity index is 1.65. The van der Waals surface area contributed by atoms with Gasteiger partial charge in [0.05, 0.1) is 6.54 Å². The fourth-order valence-corrected chi connectivity index (χ4v) is 3.91. The van der Waals surface area contributed by atoms with E-state index in [9.17, 15) is 19.5 Å². The first-order chi connectivity index (χ1) is 15.7. The van der Waals surface area contributed by atoms with Crippen molar-refractivity contribution in [2.24, 2.45) is 5.92 Å². The molecule has 2 aromatic carbocycles. The molecule has 8 heteroatoms. The second-order valence-corrected chi connectivity index (χ2v) is 8.63. The van der Waals surface area contributed by atoms with Crippen molar-refractivity contribution in [2.75, 3.05) is 13.2 Å². The minimum atomic E-state index is -2.11. The van der Waals surface area contributed by atoms with Crippen molar-refractivity contribution in [1.29, 1.82) is 0 Å². The van der Waals surface area contributed by atoms with Crippen LogP contribution >= 0.6 is 0 Å². The third kappa shape index (κ3) is 5.34. The third-order valence-corrected chi connectivity index (χ3v) is 6.18. The minimum Gasteiger partial charge on any atom is -0.479 e. The molecule has 0 saturated carbocycles. The predicted molar refractivity (Wildman–Crippen MR) is 123 cm³/mol. The summed E-state index contributed by atoms with van der Waals surface area (Å²) in [6.07, 6.45) is -0.140. The second-order valence-electron chi connectivity index (χ2n) is 8.63. The molecule has 4 N–H and O–H groups in total. The molecular formula is C25H30N2O6. The van der Waals surface area contributed by atoms with Crippen molar-refractivity contribution in [1.82, 2.24) is 10.6 Å². The summed E-state index contributed by atoms with van der Waals surface area (Å²) in [4.78, 5) is 36.3. The van der Waals surface area contributed by atoms with Gasteiger partial charge in [-0.05, 0) is 35.1 Å². The zero-order valence-corrected chi connectivity index (χ0v) is 19.0. The number of alkyl carbamates (subject to hydrolysis) is 1. The summed E-state index contributed by atoms with van der Waals surface area (Å²) < 4.78 is 5.53. The minimum absolute atomic E-state index is 0.107. The fourth-order valence-electron chi connectivity index (χ4n) is 3.91. The van der Waals surface area contributed by atoms with Gasteiger partial charge in [-0.1, -0.05) is 68.8 Å². The third-order valence-electron chi connectivity index (χ3n) is 6.18. The van der Waals surface area contributed by atoms with Gasteiger partial charge in [0, 0.05) is 5.92 Å². The van der Waals surface area contributed by atoms with Crippen LogP contribution in [0.2, 0.25) is 0 Å². The lowest BCUT2D eigenvalue weighted by Crippen LogP contribution is -2.54. The van der Waals surface area contributed by atoms with E-state index in [1.54, 1.807) is 6.92 Å². The molecule has 176 valence electrons. The Morgan fingerprint density at radius 2 is 1.61 bits per heavy atom. The van der Waals surface area contributed by atoms with Crippen LogP contribution in [-0.4, -0.2) is 53.0 Å². The van der Waals surface area contributed by atoms with E-state index in [0.717, 1.165) is 29.2 Å². The number of aliphatic hydroxyl groups is 1. The van der Waals surface area contributed by atoms with Gasteiger partial charge in [-0.25, -0.2) is 9.59 Å². The molecule has 0 fully saturated rings. The Bertz CT molecular complexity index is 990. The number of rotatable bonds is 9. The number of hydrogen-bond donors (Lipinski definition) is 4. The summed E-state index contributed by atoms with van der Waals surface area (Å²) in [6.45, 7) is 4.39. The number of hydrogen-bond acceptors (Lipinski definition) is 5. The number of aliphatic carboxylic acids is 1. The summed E-state index contributed by atoms with van der Waals surface area (Å²) in [7, 11) is 0. The number of carboxylic acids is 1. The molecule has 2 aromatic rings. The summed E-state index contributed by atoms with van der Waals surface area (Å²) in [5, 5.41) is 23.9. The summed E-state index contributed by atoms with van der Waals surface area (Å²) in [5.74, 6) is -2.38. The standard InChI is InChI=1S/C25H30N2O6/c1-4-15(2)21(22(28)26-14-25(3,32)23(29)30)27-24(31)33-13-20-18-11-7-5-9-16(18)17-10-6-8-12-19(17)20/h5-12,15,20-21,32H,4,13-14H2,1-3H3,(H,26,28)(H,27,31)(H,29,30). The van der Waals surface area contributed by atoms with Crippen molar-refractivity contribution in [2.45, 2.75) is 44.8 Å². The van der Waals surface area contributed by atoms with Gasteiger partial charge in [0.2, 0.25) is 5.91 Å². The van der Waals surface area contributed by atoms with Crippen LogP contribution in [0.4, 0.5) is 4.79 Å². The maximum atomic E-state index is 12.7. The van der Waals surface area contributed by atoms with Crippen molar-refractivity contribution < 1.29 is 29.3 Å². The normalized spacial score (nSPS) is 16.0. The lowest BCUT2D eigenvalue weighted by Gasteiger charge is -2.25. The van der Waals surface area contributed by atoms with Crippen molar-refractivity contribution in [3.05, 3.63) is 59.7 Å². The Kier molecular flexibility index (Phi) is 7.38. The number of nitrogens with one attached hydrogen (secondary N) is 2. The topological polar surface area (TPSA) is 125 Å². The van der Waals surface area contributed by atoms with E-state index in [4.69, 9.17) is 9.84 Å². The van der Waals surface area contributed by atoms with Crippen molar-refractivity contribution in [3.8, 4) is 11.1 Å². The highest BCUT2D eigenvalue weighted by Gasteiger charge is 2.34. The van der Waals surface area contributed by atoms with Gasteiger partial charge in [-0.3, -0.25) is 4.79 Å². The molecule has 1 aliphatic rings. The molecule has 0 aliphatic heterocycles. The van der Waals surface area contributed by atoms with Crippen LogP contribution in [0.1, 0.15) is 44.2 Å². The van der Waals surface area contributed by atoms with E-state index in [-0.39, 0.29) is 18.4 Å². The van der Waals surface area contributed by atoms with Gasteiger partial charge < -0.3 is 25.6 Å². The van der Waals surface area contributed by atoms with Crippen molar-refractivity contribution >= 4 is 18.0 Å². The highest BCUT2D eigenvalue weighted by Crippen LogP contribution is 2.44. The summed E-state index contributed by atoms with van der Waals surface area (Å²) >= 11 is 0. The molecule has 0 radical (unpaired) electrons. The molecule has 3 rings (SSSR count). The van der Waals surface area contributed by atoms with E-state index in [0.29, 0.717) is 6.42 Å². The summed E-state index contributed by atoms with van der Waals surface area (Å²) in [5.41, 5.74) is 2.28. The van der Waals surface area contributed by atoms with E-state index in [1.807, 2.05) is 55.5 Å². The molecule has 0 spiro atoms. The largest absolute Gasteiger partial charge is 0.479 e. The van der Waals surface area contributed by atoms with E-state index >= 15 is 0 Å². The highest BCUT2D eigenvalue weighted by molar-refractivity contribution is 5.87. The number of fused-ring (bicyclic) bond motifs is 3. The predicted octanol–water partition coefficient (Wildman–Crippen LogP) is 2.89. The number of benzene rings is 2. The average molecular weight is 455 g/mol. The molecule has 1 aliphatic carbocycles. The molecule has 0 aromatic heterocycles. The molecule has 3 atom stereocenters. The van der Waals surface area contributed by atoms with Crippen LogP contribution in [0.5, 0.6) is 0 Å². The second kappa shape index (κ2) is 10.0. The Morgan fingerprint density at radius 3 is 2.12 bits per heavy atom. The Labute approximate surface area is 193 Å². The molecular weight excluding hydrogens is 424 g/mol. The molecule has 3 unspecified atom stereocenters. The SMILES string of the molecule is CCC(C)C(NC(=O)OCC1c2ccccc2-c2ccccc21)C(=O)NCC(C)(O)C(=O)O. The average Bonchev–Trinajstić information content (AvgIpc) is 3.13. The number of carbonyl (C=O) groups excluding carboxylic acids is 2. The van der Waals surface area contributed by atoms with E-state index in [2.05, 4.69) is 10.6 Å². The summed E-state index contributed by atoms with van der Waals surface area (Å²) in [6, 6.07) is 15.0. The van der Waals surface area contributed by atoms with Crippen LogP contribution in [0, 0.1) is 5.92 Å². The van der Waals surface area contributed by atoms with Crippen LogP contribution < -0.4 is 10.6 Å². The van der Waals surface area contributed by atoms with Gasteiger partial charge in [-0.15, -0.1) is 0 Å². The lowest BCUT2D eigenvalue weighted by molar-refractivity contribution is -0.156. The molecule has 0 heterocycles. The van der Waals surface area contributed by atoms with Crippen LogP contribution in [0.25, 0.3) is 11.1 Å². The van der Waals surface area contributed by atoms with Gasteiger partial charge in [0.15, 0.2) is 5.60 Å². The zero-order valence-electron chi connectivity index (χ0n) is 19.0. The maximum Gasteiger partial charge on any atom is 0.407 e. The monoisotopic (exact) mass is 454 g/mol. The number of carbonyl (C=O) groups is 3. The van der Waals surface area contributed by atoms with Gasteiger partial charge in [-0.2, -0.15) is 0 Å². The number of ether oxygens (including phenoxy) is 1. The number of amides is 2.